The fourth-order valence-electron chi connectivity index (χ4n) is 4.44. The summed E-state index contributed by atoms with van der Waals surface area (Å²) in [4.78, 5) is 41.1. The molecule has 1 amide bonds. The first-order valence-electron chi connectivity index (χ1n) is 11.7. The number of esters is 2. The number of fused-ring (bicyclic) bond motifs is 1. The molecule has 0 saturated heterocycles. The molecule has 38 heavy (non-hydrogen) atoms. The van der Waals surface area contributed by atoms with Crippen LogP contribution in [0.3, 0.4) is 0 Å². The lowest BCUT2D eigenvalue weighted by Crippen LogP contribution is -2.37. The zero-order valence-corrected chi connectivity index (χ0v) is 21.4. The Morgan fingerprint density at radius 2 is 1.21 bits per heavy atom. The Kier molecular flexibility index (Phi) is 7.56. The fraction of sp³-hybridized carbons (Fsp3) is 0.250. The minimum absolute atomic E-state index is 0.0811. The van der Waals surface area contributed by atoms with E-state index in [9.17, 15) is 23.2 Å². The van der Waals surface area contributed by atoms with Crippen molar-refractivity contribution >= 4 is 23.5 Å². The lowest BCUT2D eigenvalue weighted by Gasteiger charge is -2.29. The third kappa shape index (κ3) is 5.13. The molecule has 0 spiro atoms. The minimum Gasteiger partial charge on any atom is -0.426 e. The number of nitrogens with one attached hydrogen (secondary N) is 1. The Morgan fingerprint density at radius 3 is 1.63 bits per heavy atom. The van der Waals surface area contributed by atoms with Crippen LogP contribution in [0.5, 0.6) is 11.5 Å². The molecule has 4 rings (SSSR count). The van der Waals surface area contributed by atoms with E-state index in [4.69, 9.17) is 9.47 Å². The Hall–Kier alpha value is -4.15. The van der Waals surface area contributed by atoms with Gasteiger partial charge in [-0.15, -0.1) is 0 Å². The maximum absolute atomic E-state index is 14.8. The van der Waals surface area contributed by atoms with Gasteiger partial charge in [0.1, 0.15) is 16.9 Å². The topological polar surface area (TPSA) is 88.2 Å². The van der Waals surface area contributed by atoms with Crippen molar-refractivity contribution in [1.29, 1.82) is 0 Å². The lowest BCUT2D eigenvalue weighted by molar-refractivity contribution is -0.136. The molecule has 0 fully saturated rings. The predicted molar refractivity (Wildman–Crippen MR) is 136 cm³/mol. The Morgan fingerprint density at radius 1 is 0.763 bits per heavy atom. The monoisotopic (exact) mass is 523 g/mol. The van der Waals surface area contributed by atoms with Crippen molar-refractivity contribution in [2.45, 2.75) is 5.41 Å². The van der Waals surface area contributed by atoms with E-state index in [1.54, 1.807) is 62.3 Å². The van der Waals surface area contributed by atoms with Crippen LogP contribution in [0.2, 0.25) is 0 Å². The van der Waals surface area contributed by atoms with E-state index in [2.05, 4.69) is 5.32 Å². The summed E-state index contributed by atoms with van der Waals surface area (Å²) in [6.45, 7) is 0.162. The van der Waals surface area contributed by atoms with Crippen LogP contribution in [-0.4, -0.2) is 68.9 Å². The molecule has 1 N–H and O–H groups in total. The van der Waals surface area contributed by atoms with Gasteiger partial charge in [-0.25, -0.2) is 8.78 Å². The van der Waals surface area contributed by atoms with Crippen molar-refractivity contribution in [1.82, 2.24) is 9.80 Å². The molecule has 0 aliphatic carbocycles. The van der Waals surface area contributed by atoms with E-state index in [0.717, 1.165) is 6.07 Å². The summed E-state index contributed by atoms with van der Waals surface area (Å²) in [5.41, 5.74) is -0.717. The van der Waals surface area contributed by atoms with Gasteiger partial charge in [-0.05, 0) is 69.6 Å². The van der Waals surface area contributed by atoms with Crippen LogP contribution in [0.25, 0.3) is 0 Å². The third-order valence-corrected chi connectivity index (χ3v) is 6.01. The van der Waals surface area contributed by atoms with Crippen molar-refractivity contribution < 1.29 is 32.6 Å². The molecular weight excluding hydrogens is 496 g/mol. The quantitative estimate of drug-likeness (QED) is 0.359. The van der Waals surface area contributed by atoms with Crippen LogP contribution in [0, 0.1) is 11.6 Å². The number of nitrogens with zero attached hydrogens (tertiary/aromatic N) is 2. The van der Waals surface area contributed by atoms with Crippen LogP contribution in [0.4, 0.5) is 14.5 Å². The summed E-state index contributed by atoms with van der Waals surface area (Å²) in [6.07, 6.45) is 0. The second-order valence-corrected chi connectivity index (χ2v) is 9.46. The molecule has 10 heteroatoms. The van der Waals surface area contributed by atoms with Gasteiger partial charge in [0.2, 0.25) is 5.91 Å². The molecule has 3 aromatic rings. The molecule has 8 nitrogen and oxygen atoms in total. The average molecular weight is 524 g/mol. The molecule has 3 aromatic carbocycles. The number of carbonyl (C=O) groups excluding carboxylic acids is 3. The molecular formula is C28H27F2N3O5. The zero-order valence-electron chi connectivity index (χ0n) is 21.4. The van der Waals surface area contributed by atoms with Crippen LogP contribution in [-0.2, 0) is 19.8 Å². The molecule has 0 saturated carbocycles. The van der Waals surface area contributed by atoms with E-state index in [0.29, 0.717) is 11.1 Å². The SMILES string of the molecule is CN(C)CC(=O)Oc1ccc(C2(c3ccc(OC(=O)CN(C)C)cc3)C(=O)Nc3c2ccc(F)c3F)cc1. The number of likely N-dealkylation sites (N-methyl/N-ethyl adjacent to an activating group) is 2. The molecule has 0 aromatic heterocycles. The lowest BCUT2D eigenvalue weighted by atomic mass is 9.70. The van der Waals surface area contributed by atoms with Gasteiger partial charge in [-0.2, -0.15) is 0 Å². The van der Waals surface area contributed by atoms with Crippen LogP contribution in [0.1, 0.15) is 16.7 Å². The zero-order chi connectivity index (χ0) is 27.6. The van der Waals surface area contributed by atoms with Crippen molar-refractivity contribution in [3.05, 3.63) is 89.0 Å². The van der Waals surface area contributed by atoms with E-state index in [1.165, 1.54) is 30.3 Å². The van der Waals surface area contributed by atoms with Gasteiger partial charge in [0.05, 0.1) is 18.8 Å². The molecule has 0 bridgehead atoms. The maximum Gasteiger partial charge on any atom is 0.325 e. The summed E-state index contributed by atoms with van der Waals surface area (Å²) in [5, 5.41) is 2.50. The highest BCUT2D eigenvalue weighted by atomic mass is 19.2. The van der Waals surface area contributed by atoms with Gasteiger partial charge < -0.3 is 14.8 Å². The second-order valence-electron chi connectivity index (χ2n) is 9.46. The molecule has 1 aliphatic heterocycles. The van der Waals surface area contributed by atoms with Gasteiger partial charge in [0.25, 0.3) is 0 Å². The van der Waals surface area contributed by atoms with Gasteiger partial charge in [-0.1, -0.05) is 30.3 Å². The normalized spacial score (nSPS) is 13.8. The molecule has 198 valence electrons. The largest absolute Gasteiger partial charge is 0.426 e. The molecule has 0 unspecified atom stereocenters. The summed E-state index contributed by atoms with van der Waals surface area (Å²) in [7, 11) is 6.95. The highest BCUT2D eigenvalue weighted by Crippen LogP contribution is 2.49. The smallest absolute Gasteiger partial charge is 0.325 e. The second kappa shape index (κ2) is 10.7. The number of carbonyl (C=O) groups is 3. The number of halogens is 2. The highest BCUT2D eigenvalue weighted by Gasteiger charge is 2.51. The summed E-state index contributed by atoms with van der Waals surface area (Å²) in [5.74, 6) is -3.23. The summed E-state index contributed by atoms with van der Waals surface area (Å²) >= 11 is 0. The maximum atomic E-state index is 14.8. The number of hydrogen-bond donors (Lipinski definition) is 1. The molecule has 0 radical (unpaired) electrons. The number of amides is 1. The summed E-state index contributed by atoms with van der Waals surface area (Å²) in [6, 6.07) is 14.9. The van der Waals surface area contributed by atoms with Gasteiger partial charge in [0, 0.05) is 5.56 Å². The first-order valence-corrected chi connectivity index (χ1v) is 11.7. The van der Waals surface area contributed by atoms with Crippen molar-refractivity contribution in [2.24, 2.45) is 0 Å². The number of ether oxygens (including phenoxy) is 2. The van der Waals surface area contributed by atoms with Crippen LogP contribution >= 0.6 is 0 Å². The van der Waals surface area contributed by atoms with Gasteiger partial charge >= 0.3 is 11.9 Å². The van der Waals surface area contributed by atoms with E-state index in [1.807, 2.05) is 0 Å². The highest BCUT2D eigenvalue weighted by molar-refractivity contribution is 6.11. The first kappa shape index (κ1) is 26.9. The van der Waals surface area contributed by atoms with Crippen molar-refractivity contribution in [3.63, 3.8) is 0 Å². The number of anilines is 1. The minimum atomic E-state index is -1.55. The molecule has 1 aliphatic rings. The van der Waals surface area contributed by atoms with Gasteiger partial charge in [0.15, 0.2) is 11.6 Å². The van der Waals surface area contributed by atoms with Crippen molar-refractivity contribution in [2.75, 3.05) is 46.6 Å². The Bertz CT molecular complexity index is 1300. The number of hydrogen-bond acceptors (Lipinski definition) is 7. The van der Waals surface area contributed by atoms with Crippen LogP contribution < -0.4 is 14.8 Å². The standard InChI is InChI=1S/C28H27F2N3O5/c1-32(2)15-23(34)37-19-9-5-17(6-10-19)28(21-13-14-22(29)25(30)26(21)31-27(28)36)18-7-11-20(12-8-18)38-24(35)16-33(3)4/h5-14H,15-16H2,1-4H3,(H,31,36). The third-order valence-electron chi connectivity index (χ3n) is 6.01. The Labute approximate surface area is 218 Å². The molecule has 0 atom stereocenters. The van der Waals surface area contributed by atoms with Gasteiger partial charge in [-0.3, -0.25) is 24.2 Å². The van der Waals surface area contributed by atoms with E-state index >= 15 is 0 Å². The Balaban J connectivity index is 1.77. The van der Waals surface area contributed by atoms with E-state index < -0.39 is 34.9 Å². The first-order chi connectivity index (χ1) is 18.0. The number of rotatable bonds is 8. The average Bonchev–Trinajstić information content (AvgIpc) is 3.14. The number of benzene rings is 3. The molecule has 1 heterocycles. The van der Waals surface area contributed by atoms with E-state index in [-0.39, 0.29) is 35.8 Å². The van der Waals surface area contributed by atoms with Crippen LogP contribution in [0.15, 0.2) is 60.7 Å². The fourth-order valence-corrected chi connectivity index (χ4v) is 4.44. The summed E-state index contributed by atoms with van der Waals surface area (Å²) < 4.78 is 39.5. The van der Waals surface area contributed by atoms with Crippen molar-refractivity contribution in [3.8, 4) is 11.5 Å². The predicted octanol–water partition coefficient (Wildman–Crippen LogP) is 3.19.